The standard InChI is InChI=1S/C8H10.C7H8.CH4/c1-7-5-3-4-6-8(7)2;1-7-5-3-2-4-6-7;/h3-6H,1-2H3;2-6H,1H3;1H4. The summed E-state index contributed by atoms with van der Waals surface area (Å²) in [6.45, 7) is 6.32. The Morgan fingerprint density at radius 3 is 1.19 bits per heavy atom. The van der Waals surface area contributed by atoms with E-state index in [4.69, 9.17) is 0 Å². The van der Waals surface area contributed by atoms with Crippen LogP contribution in [0.3, 0.4) is 0 Å². The summed E-state index contributed by atoms with van der Waals surface area (Å²) in [5, 5.41) is 0. The van der Waals surface area contributed by atoms with Gasteiger partial charge in [0.05, 0.1) is 0 Å². The summed E-state index contributed by atoms with van der Waals surface area (Å²) < 4.78 is 0. The summed E-state index contributed by atoms with van der Waals surface area (Å²) in [4.78, 5) is 0. The Bertz CT molecular complexity index is 367. The van der Waals surface area contributed by atoms with Crippen molar-refractivity contribution in [1.82, 2.24) is 0 Å². The lowest BCUT2D eigenvalue weighted by molar-refractivity contribution is 1.34. The van der Waals surface area contributed by atoms with Gasteiger partial charge in [0.2, 0.25) is 0 Å². The molecule has 0 saturated heterocycles. The van der Waals surface area contributed by atoms with Crippen LogP contribution in [0, 0.1) is 20.8 Å². The molecule has 0 nitrogen and oxygen atoms in total. The Balaban J connectivity index is 0.000000267. The molecule has 0 unspecified atom stereocenters. The molecule has 0 N–H and O–H groups in total. The first-order valence-electron chi connectivity index (χ1n) is 5.24. The molecule has 0 aromatic heterocycles. The van der Waals surface area contributed by atoms with Gasteiger partial charge in [-0.15, -0.1) is 0 Å². The van der Waals surface area contributed by atoms with Crippen molar-refractivity contribution in [1.29, 1.82) is 0 Å². The first-order chi connectivity index (χ1) is 7.20. The highest BCUT2D eigenvalue weighted by Crippen LogP contribution is 2.02. The maximum absolute atomic E-state index is 2.12. The van der Waals surface area contributed by atoms with E-state index in [0.29, 0.717) is 0 Å². The lowest BCUT2D eigenvalue weighted by Gasteiger charge is -1.93. The summed E-state index contributed by atoms with van der Waals surface area (Å²) in [7, 11) is 0. The Morgan fingerprint density at radius 1 is 0.562 bits per heavy atom. The van der Waals surface area contributed by atoms with E-state index >= 15 is 0 Å². The van der Waals surface area contributed by atoms with Crippen molar-refractivity contribution in [3.63, 3.8) is 0 Å². The van der Waals surface area contributed by atoms with Crippen LogP contribution in [0.2, 0.25) is 0 Å². The van der Waals surface area contributed by atoms with E-state index < -0.39 is 0 Å². The molecule has 16 heavy (non-hydrogen) atoms. The van der Waals surface area contributed by atoms with Crippen LogP contribution in [0.4, 0.5) is 0 Å². The number of hydrogen-bond donors (Lipinski definition) is 0. The third-order valence-electron chi connectivity index (χ3n) is 2.37. The van der Waals surface area contributed by atoms with E-state index in [-0.39, 0.29) is 7.43 Å². The van der Waals surface area contributed by atoms with E-state index in [0.717, 1.165) is 0 Å². The molecule has 0 bridgehead atoms. The van der Waals surface area contributed by atoms with Crippen LogP contribution in [0.15, 0.2) is 54.6 Å². The second kappa shape index (κ2) is 7.70. The van der Waals surface area contributed by atoms with Crippen molar-refractivity contribution in [2.24, 2.45) is 0 Å². The van der Waals surface area contributed by atoms with E-state index in [1.807, 2.05) is 18.2 Å². The zero-order valence-corrected chi connectivity index (χ0v) is 9.70. The predicted molar refractivity (Wildman–Crippen MR) is 73.8 cm³/mol. The van der Waals surface area contributed by atoms with E-state index in [9.17, 15) is 0 Å². The van der Waals surface area contributed by atoms with Gasteiger partial charge >= 0.3 is 0 Å². The van der Waals surface area contributed by atoms with Crippen LogP contribution in [0.1, 0.15) is 24.1 Å². The van der Waals surface area contributed by atoms with Crippen molar-refractivity contribution in [3.8, 4) is 0 Å². The molecule has 0 aliphatic carbocycles. The Hall–Kier alpha value is -1.56. The first-order valence-corrected chi connectivity index (χ1v) is 5.24. The van der Waals surface area contributed by atoms with E-state index in [2.05, 4.69) is 57.2 Å². The Kier molecular flexibility index (Phi) is 6.95. The summed E-state index contributed by atoms with van der Waals surface area (Å²) in [6, 6.07) is 18.6. The van der Waals surface area contributed by atoms with Crippen molar-refractivity contribution in [3.05, 3.63) is 71.3 Å². The summed E-state index contributed by atoms with van der Waals surface area (Å²) in [5.41, 5.74) is 4.06. The number of hydrogen-bond acceptors (Lipinski definition) is 0. The Morgan fingerprint density at radius 2 is 0.938 bits per heavy atom. The third kappa shape index (κ3) is 5.35. The molecular weight excluding hydrogens is 192 g/mol. The molecule has 0 saturated carbocycles. The van der Waals surface area contributed by atoms with Gasteiger partial charge in [-0.2, -0.15) is 0 Å². The van der Waals surface area contributed by atoms with E-state index in [1.165, 1.54) is 16.7 Å². The van der Waals surface area contributed by atoms with Gasteiger partial charge in [-0.05, 0) is 31.9 Å². The van der Waals surface area contributed by atoms with Crippen LogP contribution >= 0.6 is 0 Å². The smallest absolute Gasteiger partial charge is 0.0395 e. The van der Waals surface area contributed by atoms with Gasteiger partial charge in [0.25, 0.3) is 0 Å². The summed E-state index contributed by atoms with van der Waals surface area (Å²) in [6.07, 6.45) is 0. The lowest BCUT2D eigenvalue weighted by Crippen LogP contribution is -1.74. The minimum Gasteiger partial charge on any atom is -0.0776 e. The molecule has 0 heteroatoms. The minimum atomic E-state index is 0. The lowest BCUT2D eigenvalue weighted by atomic mass is 10.1. The van der Waals surface area contributed by atoms with Crippen molar-refractivity contribution in [2.45, 2.75) is 28.2 Å². The highest BCUT2D eigenvalue weighted by atomic mass is 13.9. The summed E-state index contributed by atoms with van der Waals surface area (Å²) in [5.74, 6) is 0. The molecule has 0 atom stereocenters. The molecule has 86 valence electrons. The topological polar surface area (TPSA) is 0 Å². The maximum Gasteiger partial charge on any atom is -0.0395 e. The van der Waals surface area contributed by atoms with Crippen LogP contribution < -0.4 is 0 Å². The van der Waals surface area contributed by atoms with Gasteiger partial charge in [0.15, 0.2) is 0 Å². The zero-order valence-electron chi connectivity index (χ0n) is 9.70. The fraction of sp³-hybridized carbons (Fsp3) is 0.250. The van der Waals surface area contributed by atoms with Crippen LogP contribution in [-0.2, 0) is 0 Å². The van der Waals surface area contributed by atoms with Gasteiger partial charge in [-0.25, -0.2) is 0 Å². The largest absolute Gasteiger partial charge is 0.0776 e. The molecule has 0 aliphatic rings. The van der Waals surface area contributed by atoms with Crippen LogP contribution in [0.5, 0.6) is 0 Å². The van der Waals surface area contributed by atoms with Gasteiger partial charge < -0.3 is 0 Å². The highest BCUT2D eigenvalue weighted by Gasteiger charge is 1.83. The van der Waals surface area contributed by atoms with Gasteiger partial charge in [0, 0.05) is 0 Å². The van der Waals surface area contributed by atoms with Crippen molar-refractivity contribution >= 4 is 0 Å². The van der Waals surface area contributed by atoms with E-state index in [1.54, 1.807) is 0 Å². The molecule has 0 fully saturated rings. The van der Waals surface area contributed by atoms with Gasteiger partial charge in [0.1, 0.15) is 0 Å². The quantitative estimate of drug-likeness (QED) is 0.583. The maximum atomic E-state index is 2.12. The highest BCUT2D eigenvalue weighted by molar-refractivity contribution is 5.23. The fourth-order valence-corrected chi connectivity index (χ4v) is 1.20. The first kappa shape index (κ1) is 14.4. The molecule has 0 aliphatic heterocycles. The second-order valence-corrected chi connectivity index (χ2v) is 3.74. The monoisotopic (exact) mass is 214 g/mol. The number of benzene rings is 2. The van der Waals surface area contributed by atoms with Gasteiger partial charge in [-0.1, -0.05) is 67.6 Å². The number of rotatable bonds is 0. The number of aryl methyl sites for hydroxylation is 3. The average molecular weight is 214 g/mol. The SMILES string of the molecule is C.Cc1ccccc1.Cc1ccccc1C. The molecular formula is C16H22. The van der Waals surface area contributed by atoms with Crippen LogP contribution in [0.25, 0.3) is 0 Å². The Labute approximate surface area is 100.0 Å². The average Bonchev–Trinajstić information content (AvgIpc) is 2.25. The summed E-state index contributed by atoms with van der Waals surface area (Å²) >= 11 is 0. The molecule has 2 rings (SSSR count). The molecule has 2 aromatic rings. The molecule has 0 heterocycles. The second-order valence-electron chi connectivity index (χ2n) is 3.74. The normalized spacial score (nSPS) is 8.44. The van der Waals surface area contributed by atoms with Gasteiger partial charge in [-0.3, -0.25) is 0 Å². The predicted octanol–water partition coefficient (Wildman–Crippen LogP) is 4.93. The zero-order chi connectivity index (χ0) is 11.1. The van der Waals surface area contributed by atoms with Crippen LogP contribution in [-0.4, -0.2) is 0 Å². The van der Waals surface area contributed by atoms with Crippen molar-refractivity contribution in [2.75, 3.05) is 0 Å². The molecule has 0 radical (unpaired) electrons. The van der Waals surface area contributed by atoms with Crippen molar-refractivity contribution < 1.29 is 0 Å². The molecule has 2 aromatic carbocycles. The fourth-order valence-electron chi connectivity index (χ4n) is 1.20. The third-order valence-corrected chi connectivity index (χ3v) is 2.37. The molecule has 0 spiro atoms. The minimum absolute atomic E-state index is 0. The molecule has 0 amide bonds.